The second-order valence-corrected chi connectivity index (χ2v) is 5.84. The van der Waals surface area contributed by atoms with Gasteiger partial charge in [-0.25, -0.2) is 0 Å². The van der Waals surface area contributed by atoms with Gasteiger partial charge in [0.1, 0.15) is 5.75 Å². The SMILES string of the molecule is COc1ccc(C#CC(O/N=C/C2CCC2)c2ccccc2)cc1. The lowest BCUT2D eigenvalue weighted by molar-refractivity contribution is 0.0989. The molecule has 0 saturated heterocycles. The minimum atomic E-state index is -0.371. The van der Waals surface area contributed by atoms with Gasteiger partial charge in [0.15, 0.2) is 0 Å². The van der Waals surface area contributed by atoms with Crippen LogP contribution >= 0.6 is 0 Å². The largest absolute Gasteiger partial charge is 0.497 e. The molecule has 1 aliphatic carbocycles. The van der Waals surface area contributed by atoms with Gasteiger partial charge in [0.25, 0.3) is 0 Å². The number of rotatable bonds is 5. The van der Waals surface area contributed by atoms with Crippen molar-refractivity contribution in [2.45, 2.75) is 25.4 Å². The topological polar surface area (TPSA) is 30.8 Å². The van der Waals surface area contributed by atoms with Gasteiger partial charge in [0.05, 0.1) is 7.11 Å². The molecule has 2 aromatic rings. The Morgan fingerprint density at radius 1 is 1.08 bits per heavy atom. The van der Waals surface area contributed by atoms with Crippen LogP contribution in [-0.4, -0.2) is 13.3 Å². The van der Waals surface area contributed by atoms with Crippen LogP contribution in [0.4, 0.5) is 0 Å². The van der Waals surface area contributed by atoms with Gasteiger partial charge in [0, 0.05) is 17.3 Å². The molecule has 0 amide bonds. The molecule has 0 heterocycles. The summed E-state index contributed by atoms with van der Waals surface area (Å²) < 4.78 is 5.16. The van der Waals surface area contributed by atoms with E-state index >= 15 is 0 Å². The standard InChI is InChI=1S/C21H21NO2/c1-23-20-13-10-17(11-14-20)12-15-21(19-8-3-2-4-9-19)24-22-16-18-6-5-7-18/h2-4,8-11,13-14,16,18,21H,5-7H2,1H3/b22-16+. The third-order valence-electron chi connectivity index (χ3n) is 4.13. The van der Waals surface area contributed by atoms with E-state index in [2.05, 4.69) is 17.0 Å². The van der Waals surface area contributed by atoms with Crippen LogP contribution in [0, 0.1) is 17.8 Å². The number of ether oxygens (including phenoxy) is 1. The van der Waals surface area contributed by atoms with Crippen molar-refractivity contribution in [3.8, 4) is 17.6 Å². The first-order chi connectivity index (χ1) is 11.8. The smallest absolute Gasteiger partial charge is 0.213 e. The summed E-state index contributed by atoms with van der Waals surface area (Å²) in [6.45, 7) is 0. The number of hydrogen-bond acceptors (Lipinski definition) is 3. The van der Waals surface area contributed by atoms with Crippen LogP contribution in [-0.2, 0) is 4.84 Å². The molecule has 0 aliphatic heterocycles. The van der Waals surface area contributed by atoms with Gasteiger partial charge in [-0.3, -0.25) is 0 Å². The van der Waals surface area contributed by atoms with Crippen molar-refractivity contribution in [2.24, 2.45) is 11.1 Å². The maximum atomic E-state index is 5.67. The fourth-order valence-corrected chi connectivity index (χ4v) is 2.39. The van der Waals surface area contributed by atoms with Gasteiger partial charge < -0.3 is 9.57 Å². The van der Waals surface area contributed by atoms with Gasteiger partial charge in [-0.05, 0) is 48.9 Å². The number of oxime groups is 1. The Morgan fingerprint density at radius 2 is 1.83 bits per heavy atom. The quantitative estimate of drug-likeness (QED) is 0.458. The van der Waals surface area contributed by atoms with E-state index in [0.29, 0.717) is 5.92 Å². The number of benzene rings is 2. The van der Waals surface area contributed by atoms with Crippen LogP contribution in [0.25, 0.3) is 0 Å². The first kappa shape index (κ1) is 16.1. The van der Waals surface area contributed by atoms with Crippen LogP contribution in [0.1, 0.15) is 36.5 Å². The highest BCUT2D eigenvalue weighted by molar-refractivity contribution is 5.61. The minimum Gasteiger partial charge on any atom is -0.497 e. The lowest BCUT2D eigenvalue weighted by Gasteiger charge is -2.20. The molecular formula is C21H21NO2. The third kappa shape index (κ3) is 4.39. The first-order valence-corrected chi connectivity index (χ1v) is 8.25. The highest BCUT2D eigenvalue weighted by atomic mass is 16.6. The Balaban J connectivity index is 1.73. The predicted molar refractivity (Wildman–Crippen MR) is 96.0 cm³/mol. The van der Waals surface area contributed by atoms with Crippen molar-refractivity contribution in [1.82, 2.24) is 0 Å². The second kappa shape index (κ2) is 8.21. The lowest BCUT2D eigenvalue weighted by atomic mass is 9.87. The van der Waals surface area contributed by atoms with E-state index < -0.39 is 0 Å². The molecule has 1 aliphatic rings. The summed E-state index contributed by atoms with van der Waals surface area (Å²) in [5.74, 6) is 7.72. The van der Waals surface area contributed by atoms with Gasteiger partial charge >= 0.3 is 0 Å². The van der Waals surface area contributed by atoms with E-state index in [1.54, 1.807) is 7.11 Å². The molecule has 3 heteroatoms. The molecule has 2 aromatic carbocycles. The summed E-state index contributed by atoms with van der Waals surface area (Å²) in [7, 11) is 1.65. The lowest BCUT2D eigenvalue weighted by Crippen LogP contribution is -2.12. The molecule has 24 heavy (non-hydrogen) atoms. The fraction of sp³-hybridized carbons (Fsp3) is 0.286. The third-order valence-corrected chi connectivity index (χ3v) is 4.13. The summed E-state index contributed by atoms with van der Waals surface area (Å²) in [5, 5.41) is 4.16. The number of nitrogens with zero attached hydrogens (tertiary/aromatic N) is 1. The average Bonchev–Trinajstić information content (AvgIpc) is 2.61. The Hall–Kier alpha value is -2.73. The van der Waals surface area contributed by atoms with E-state index in [1.807, 2.05) is 60.8 Å². The molecule has 0 aromatic heterocycles. The van der Waals surface area contributed by atoms with E-state index in [4.69, 9.17) is 9.57 Å². The van der Waals surface area contributed by atoms with Crippen LogP contribution in [0.2, 0.25) is 0 Å². The molecule has 3 rings (SSSR count). The molecule has 1 saturated carbocycles. The summed E-state index contributed by atoms with van der Waals surface area (Å²) in [4.78, 5) is 5.67. The zero-order valence-electron chi connectivity index (χ0n) is 13.8. The van der Waals surface area contributed by atoms with E-state index in [0.717, 1.165) is 16.9 Å². The van der Waals surface area contributed by atoms with E-state index in [1.165, 1.54) is 19.3 Å². The number of hydrogen-bond donors (Lipinski definition) is 0. The van der Waals surface area contributed by atoms with Crippen LogP contribution in [0.15, 0.2) is 59.8 Å². The molecule has 1 atom stereocenters. The van der Waals surface area contributed by atoms with E-state index in [9.17, 15) is 0 Å². The van der Waals surface area contributed by atoms with Crippen LogP contribution in [0.3, 0.4) is 0 Å². The summed E-state index contributed by atoms with van der Waals surface area (Å²) in [6, 6.07) is 17.6. The Bertz CT molecular complexity index is 722. The van der Waals surface area contributed by atoms with E-state index in [-0.39, 0.29) is 6.10 Å². The summed E-state index contributed by atoms with van der Waals surface area (Å²) in [5.41, 5.74) is 1.92. The van der Waals surface area contributed by atoms with Gasteiger partial charge in [-0.15, -0.1) is 0 Å². The van der Waals surface area contributed by atoms with Crippen molar-refractivity contribution < 1.29 is 9.57 Å². The normalized spacial score (nSPS) is 15.2. The van der Waals surface area contributed by atoms with Crippen molar-refractivity contribution in [1.29, 1.82) is 0 Å². The monoisotopic (exact) mass is 319 g/mol. The molecule has 1 fully saturated rings. The first-order valence-electron chi connectivity index (χ1n) is 8.25. The van der Waals surface area contributed by atoms with Gasteiger partial charge in [-0.1, -0.05) is 47.8 Å². The molecule has 0 radical (unpaired) electrons. The highest BCUT2D eigenvalue weighted by Crippen LogP contribution is 2.25. The van der Waals surface area contributed by atoms with Crippen LogP contribution in [0.5, 0.6) is 5.75 Å². The molecule has 1 unspecified atom stereocenters. The maximum Gasteiger partial charge on any atom is 0.213 e. The molecule has 0 spiro atoms. The average molecular weight is 319 g/mol. The zero-order valence-corrected chi connectivity index (χ0v) is 13.8. The van der Waals surface area contributed by atoms with Crippen molar-refractivity contribution in [2.75, 3.05) is 7.11 Å². The summed E-state index contributed by atoms with van der Waals surface area (Å²) in [6.07, 6.45) is 5.25. The molecule has 0 N–H and O–H groups in total. The van der Waals surface area contributed by atoms with Gasteiger partial charge in [-0.2, -0.15) is 0 Å². The van der Waals surface area contributed by atoms with Crippen LogP contribution < -0.4 is 4.74 Å². The van der Waals surface area contributed by atoms with Crippen molar-refractivity contribution in [3.05, 3.63) is 65.7 Å². The second-order valence-electron chi connectivity index (χ2n) is 5.84. The predicted octanol–water partition coefficient (Wildman–Crippen LogP) is 4.59. The molecular weight excluding hydrogens is 298 g/mol. The fourth-order valence-electron chi connectivity index (χ4n) is 2.39. The Kier molecular flexibility index (Phi) is 5.52. The molecule has 3 nitrogen and oxygen atoms in total. The maximum absolute atomic E-state index is 5.67. The Morgan fingerprint density at radius 3 is 2.46 bits per heavy atom. The highest BCUT2D eigenvalue weighted by Gasteiger charge is 2.15. The zero-order chi connectivity index (χ0) is 16.6. The minimum absolute atomic E-state index is 0.371. The number of methoxy groups -OCH3 is 1. The summed E-state index contributed by atoms with van der Waals surface area (Å²) >= 11 is 0. The molecule has 122 valence electrons. The van der Waals surface area contributed by atoms with Crippen molar-refractivity contribution in [3.63, 3.8) is 0 Å². The van der Waals surface area contributed by atoms with Crippen molar-refractivity contribution >= 4 is 6.21 Å². The van der Waals surface area contributed by atoms with Gasteiger partial charge in [0.2, 0.25) is 6.10 Å². The molecule has 0 bridgehead atoms. The Labute approximate surface area is 143 Å².